The summed E-state index contributed by atoms with van der Waals surface area (Å²) in [4.78, 5) is 18.5. The van der Waals surface area contributed by atoms with Gasteiger partial charge in [0.05, 0.1) is 33.9 Å². The van der Waals surface area contributed by atoms with E-state index in [1.54, 1.807) is 25.2 Å². The molecular formula is C37H37ClF4N7O4S+. The summed E-state index contributed by atoms with van der Waals surface area (Å²) in [7, 11) is -2.22. The second kappa shape index (κ2) is 14.4. The smallest absolute Gasteiger partial charge is 0.323 e. The molecule has 2 aliphatic rings. The number of amides is 1. The van der Waals surface area contributed by atoms with Gasteiger partial charge in [-0.05, 0) is 74.9 Å². The fraction of sp³-hybridized carbons (Fsp3) is 0.351. The van der Waals surface area contributed by atoms with Crippen molar-refractivity contribution in [2.45, 2.75) is 50.7 Å². The number of quaternary nitrogens is 1. The second-order valence-corrected chi connectivity index (χ2v) is 16.2. The number of hydrogen-bond donors (Lipinski definition) is 5. The van der Waals surface area contributed by atoms with Crippen LogP contribution < -0.4 is 15.4 Å². The maximum Gasteiger partial charge on any atom is 0.323 e. The molecule has 2 aliphatic carbocycles. The molecule has 6 N–H and O–H groups in total. The van der Waals surface area contributed by atoms with Gasteiger partial charge in [0.15, 0.2) is 18.1 Å². The minimum atomic E-state index is -3.78. The number of fused-ring (bicyclic) bond motifs is 2. The number of nitrogens with two attached hydrogens (primary N) is 1. The van der Waals surface area contributed by atoms with Gasteiger partial charge in [0.1, 0.15) is 22.9 Å². The Bertz CT molecular complexity index is 2380. The lowest BCUT2D eigenvalue weighted by atomic mass is 9.72. The van der Waals surface area contributed by atoms with Crippen LogP contribution >= 0.6 is 11.6 Å². The number of nitrogens with zero attached hydrogens (tertiary/aromatic N) is 3. The number of rotatable bonds is 11. The monoisotopic (exact) mass is 786 g/mol. The van der Waals surface area contributed by atoms with E-state index in [0.29, 0.717) is 35.6 Å². The number of alkyl halides is 2. The third kappa shape index (κ3) is 8.00. The van der Waals surface area contributed by atoms with Crippen LogP contribution in [0.5, 0.6) is 0 Å². The molecular weight excluding hydrogens is 750 g/mol. The zero-order chi connectivity index (χ0) is 39.3. The van der Waals surface area contributed by atoms with Gasteiger partial charge in [0, 0.05) is 47.9 Å². The van der Waals surface area contributed by atoms with Crippen molar-refractivity contribution in [2.24, 2.45) is 18.9 Å². The van der Waals surface area contributed by atoms with Gasteiger partial charge in [-0.15, -0.1) is 0 Å². The highest BCUT2D eigenvalue weighted by Gasteiger charge is 2.62. The molecule has 1 amide bonds. The van der Waals surface area contributed by atoms with E-state index in [-0.39, 0.29) is 50.9 Å². The van der Waals surface area contributed by atoms with Crippen molar-refractivity contribution in [3.05, 3.63) is 87.3 Å². The quantitative estimate of drug-likeness (QED) is 0.0847. The number of pyridine rings is 1. The van der Waals surface area contributed by atoms with E-state index in [2.05, 4.69) is 27.0 Å². The molecule has 54 heavy (non-hydrogen) atoms. The number of aliphatic hydroxyl groups is 1. The van der Waals surface area contributed by atoms with Gasteiger partial charge < -0.3 is 21.1 Å². The zero-order valence-corrected chi connectivity index (χ0v) is 31.1. The van der Waals surface area contributed by atoms with Crippen LogP contribution in [-0.2, 0) is 28.3 Å². The molecule has 2 aromatic carbocycles. The van der Waals surface area contributed by atoms with Crippen LogP contribution in [0.3, 0.4) is 0 Å². The first-order valence-electron chi connectivity index (χ1n) is 16.9. The highest BCUT2D eigenvalue weighted by Crippen LogP contribution is 2.55. The predicted octanol–water partition coefficient (Wildman–Crippen LogP) is 4.60. The van der Waals surface area contributed by atoms with Crippen LogP contribution in [0.2, 0.25) is 5.02 Å². The van der Waals surface area contributed by atoms with E-state index in [1.165, 1.54) is 24.6 Å². The Hall–Kier alpha value is -4.82. The number of carbonyl (C=O) groups is 1. The molecule has 0 spiro atoms. The molecule has 0 radical (unpaired) electrons. The SMILES string of the molecule is Cn1nc(NS(C)(=O)=O)c2c(Cl)ccc(-c3ccc(C#CC(C)(C)O)nc3[C@H](Cc3cc(F)cc(F)c3)NC(=O)C[NH2+]C3=C(C=N)[C@H]4CC[C@H]4C3(F)F)c21. The Labute approximate surface area is 313 Å². The number of hydrogen-bond acceptors (Lipinski definition) is 7. The molecule has 284 valence electrons. The largest absolute Gasteiger partial charge is 0.378 e. The van der Waals surface area contributed by atoms with Crippen molar-refractivity contribution in [3.63, 3.8) is 0 Å². The zero-order valence-electron chi connectivity index (χ0n) is 29.6. The van der Waals surface area contributed by atoms with Gasteiger partial charge >= 0.3 is 5.92 Å². The van der Waals surface area contributed by atoms with E-state index < -0.39 is 63.5 Å². The van der Waals surface area contributed by atoms with Crippen LogP contribution in [0.15, 0.2) is 53.7 Å². The number of anilines is 1. The van der Waals surface area contributed by atoms with Crippen LogP contribution in [0, 0.1) is 40.7 Å². The normalized spacial score (nSPS) is 18.4. The van der Waals surface area contributed by atoms with Crippen molar-refractivity contribution >= 4 is 50.5 Å². The van der Waals surface area contributed by atoms with Crippen LogP contribution in [0.25, 0.3) is 22.0 Å². The average Bonchev–Trinajstić information content (AvgIpc) is 3.42. The van der Waals surface area contributed by atoms with Gasteiger partial charge in [0.25, 0.3) is 5.91 Å². The van der Waals surface area contributed by atoms with E-state index in [9.17, 15) is 27.1 Å². The molecule has 2 heterocycles. The fourth-order valence-electron chi connectivity index (χ4n) is 7.06. The van der Waals surface area contributed by atoms with Crippen molar-refractivity contribution in [1.29, 1.82) is 5.41 Å². The summed E-state index contributed by atoms with van der Waals surface area (Å²) in [5.74, 6) is -1.59. The first-order valence-corrected chi connectivity index (χ1v) is 19.1. The van der Waals surface area contributed by atoms with Crippen LogP contribution in [0.1, 0.15) is 49.7 Å². The summed E-state index contributed by atoms with van der Waals surface area (Å²) in [5, 5.41) is 26.8. The number of carbonyl (C=O) groups excluding carboxylic acids is 1. The van der Waals surface area contributed by atoms with E-state index in [4.69, 9.17) is 22.0 Å². The van der Waals surface area contributed by atoms with Gasteiger partial charge in [-0.1, -0.05) is 23.6 Å². The van der Waals surface area contributed by atoms with Gasteiger partial charge in [-0.2, -0.15) is 13.9 Å². The molecule has 0 saturated heterocycles. The lowest BCUT2D eigenvalue weighted by Crippen LogP contribution is -2.87. The molecule has 1 saturated carbocycles. The van der Waals surface area contributed by atoms with E-state index in [1.807, 2.05) is 0 Å². The molecule has 0 bridgehead atoms. The van der Waals surface area contributed by atoms with Crippen molar-refractivity contribution in [1.82, 2.24) is 20.1 Å². The maximum absolute atomic E-state index is 15.3. The molecule has 3 atom stereocenters. The average molecular weight is 787 g/mol. The Morgan fingerprint density at radius 2 is 1.87 bits per heavy atom. The number of aryl methyl sites for hydroxylation is 1. The topological polar surface area (TPSA) is 167 Å². The number of sulfonamides is 1. The van der Waals surface area contributed by atoms with Crippen molar-refractivity contribution in [2.75, 3.05) is 17.5 Å². The molecule has 2 aromatic heterocycles. The summed E-state index contributed by atoms with van der Waals surface area (Å²) >= 11 is 6.58. The molecule has 17 heteroatoms. The Kier molecular flexibility index (Phi) is 10.4. The van der Waals surface area contributed by atoms with Gasteiger partial charge in [-0.25, -0.2) is 22.2 Å². The summed E-state index contributed by atoms with van der Waals surface area (Å²) in [6.07, 6.45) is 2.50. The standard InChI is InChI=1S/C37H36ClF4N7O4S/c1-36(2,51)12-11-22-5-6-24(25-8-10-28(38)31-33(25)49(3)47-35(31)48-54(4,52)53)32(45-22)29(15-19-13-20(39)16-21(40)14-19)46-30(50)18-44-34-26(17-43)23-7-9-27(23)37(34,41)42/h5-6,8,10,13-14,16-17,23,27,29,43-44,51H,7,9,15,18H2,1-4H3,(H,46,50)(H,47,48)/p+1/t23-,27-,29+/m1/s1. The van der Waals surface area contributed by atoms with E-state index >= 15 is 8.78 Å². The highest BCUT2D eigenvalue weighted by molar-refractivity contribution is 7.92. The third-order valence-electron chi connectivity index (χ3n) is 9.42. The highest BCUT2D eigenvalue weighted by atomic mass is 35.5. The van der Waals surface area contributed by atoms with Crippen molar-refractivity contribution < 1.29 is 41.2 Å². The summed E-state index contributed by atoms with van der Waals surface area (Å²) in [6, 6.07) is 8.06. The molecule has 0 aliphatic heterocycles. The van der Waals surface area contributed by atoms with E-state index in [0.717, 1.165) is 29.9 Å². The first kappa shape index (κ1) is 38.9. The van der Waals surface area contributed by atoms with Crippen LogP contribution in [0.4, 0.5) is 23.4 Å². The minimum Gasteiger partial charge on any atom is -0.378 e. The number of benzene rings is 2. The molecule has 1 fully saturated rings. The number of halogens is 5. The predicted molar refractivity (Wildman–Crippen MR) is 195 cm³/mol. The van der Waals surface area contributed by atoms with Crippen molar-refractivity contribution in [3.8, 4) is 23.0 Å². The summed E-state index contributed by atoms with van der Waals surface area (Å²) < 4.78 is 87.8. The van der Waals surface area contributed by atoms with Gasteiger partial charge in [0.2, 0.25) is 10.0 Å². The fourth-order valence-corrected chi connectivity index (χ4v) is 7.80. The van der Waals surface area contributed by atoms with Gasteiger partial charge in [-0.3, -0.25) is 14.2 Å². The molecule has 4 aromatic rings. The Balaban J connectivity index is 1.48. The second-order valence-electron chi connectivity index (χ2n) is 14.0. The maximum atomic E-state index is 15.3. The summed E-state index contributed by atoms with van der Waals surface area (Å²) in [6.45, 7) is 2.44. The Morgan fingerprint density at radius 1 is 1.19 bits per heavy atom. The number of allylic oxidation sites excluding steroid dienone is 2. The summed E-state index contributed by atoms with van der Waals surface area (Å²) in [5.41, 5.74) is 0.0186. The first-order chi connectivity index (χ1) is 25.3. The lowest BCUT2D eigenvalue weighted by molar-refractivity contribution is -0.609. The van der Waals surface area contributed by atoms with Crippen LogP contribution in [-0.4, -0.2) is 64.7 Å². The number of aromatic nitrogens is 3. The third-order valence-corrected chi connectivity index (χ3v) is 10.3. The molecule has 11 nitrogen and oxygen atoms in total. The minimum absolute atomic E-state index is 0.0459. The Morgan fingerprint density at radius 3 is 2.48 bits per heavy atom. The molecule has 6 rings (SSSR count). The molecule has 0 unspecified atom stereocenters. The lowest BCUT2D eigenvalue weighted by Gasteiger charge is -2.33. The number of nitrogens with one attached hydrogen (secondary N) is 3.